The zero-order chi connectivity index (χ0) is 8.10. The maximum Gasteiger partial charge on any atom is 0.0575 e. The van der Waals surface area contributed by atoms with Gasteiger partial charge in [0.1, 0.15) is 0 Å². The second-order valence-electron chi connectivity index (χ2n) is 3.16. The van der Waals surface area contributed by atoms with E-state index in [-0.39, 0.29) is 24.8 Å². The molecule has 1 saturated heterocycles. The number of hydrogen-bond acceptors (Lipinski definition) is 2. The summed E-state index contributed by atoms with van der Waals surface area (Å²) in [5.74, 6) is 2.60. The molecule has 0 saturated carbocycles. The fraction of sp³-hybridized carbons (Fsp3) is 0.778. The van der Waals surface area contributed by atoms with Gasteiger partial charge in [0, 0.05) is 6.04 Å². The molecule has 1 rings (SSSR count). The Balaban J connectivity index is 0. The van der Waals surface area contributed by atoms with Crippen molar-refractivity contribution in [3.05, 3.63) is 0 Å². The lowest BCUT2D eigenvalue weighted by Gasteiger charge is -2.28. The standard InChI is InChI=1S/C9H16N2.2ClH/c1-3-6-10-9-4-7-11(2)8-5-9;;/h1,9-10H,4-8H2,2H3;2*1H. The van der Waals surface area contributed by atoms with Crippen LogP contribution in [0, 0.1) is 12.3 Å². The highest BCUT2D eigenvalue weighted by Gasteiger charge is 2.14. The van der Waals surface area contributed by atoms with Gasteiger partial charge in [-0.1, -0.05) is 5.92 Å². The van der Waals surface area contributed by atoms with Crippen LogP contribution in [0.25, 0.3) is 0 Å². The Labute approximate surface area is 93.3 Å². The lowest BCUT2D eigenvalue weighted by Crippen LogP contribution is -2.40. The molecule has 0 amide bonds. The molecule has 0 aromatic heterocycles. The number of likely N-dealkylation sites (tertiary alicyclic amines) is 1. The summed E-state index contributed by atoms with van der Waals surface area (Å²) in [5, 5.41) is 3.33. The van der Waals surface area contributed by atoms with Crippen LogP contribution in [-0.2, 0) is 0 Å². The average Bonchev–Trinajstić information content (AvgIpc) is 2.04. The van der Waals surface area contributed by atoms with Crippen LogP contribution >= 0.6 is 24.8 Å². The predicted octanol–water partition coefficient (Wildman–Crippen LogP) is 1.15. The van der Waals surface area contributed by atoms with Crippen molar-refractivity contribution in [3.63, 3.8) is 0 Å². The molecule has 13 heavy (non-hydrogen) atoms. The van der Waals surface area contributed by atoms with Gasteiger partial charge in [-0.25, -0.2) is 0 Å². The molecular weight excluding hydrogens is 207 g/mol. The zero-order valence-corrected chi connectivity index (χ0v) is 9.59. The van der Waals surface area contributed by atoms with Crippen LogP contribution in [-0.4, -0.2) is 37.6 Å². The fourth-order valence-corrected chi connectivity index (χ4v) is 1.42. The lowest BCUT2D eigenvalue weighted by molar-refractivity contribution is 0.238. The van der Waals surface area contributed by atoms with E-state index >= 15 is 0 Å². The maximum atomic E-state index is 5.15. The third-order valence-corrected chi connectivity index (χ3v) is 2.21. The first-order chi connectivity index (χ1) is 5.33. The van der Waals surface area contributed by atoms with E-state index in [2.05, 4.69) is 23.2 Å². The van der Waals surface area contributed by atoms with Gasteiger partial charge in [-0.15, -0.1) is 31.2 Å². The van der Waals surface area contributed by atoms with Gasteiger partial charge in [0.15, 0.2) is 0 Å². The maximum absolute atomic E-state index is 5.15. The SMILES string of the molecule is C#CCNC1CCN(C)CC1.Cl.Cl. The van der Waals surface area contributed by atoms with Crippen molar-refractivity contribution in [1.29, 1.82) is 0 Å². The molecule has 0 aliphatic carbocycles. The summed E-state index contributed by atoms with van der Waals surface area (Å²) in [6.07, 6.45) is 7.62. The summed E-state index contributed by atoms with van der Waals surface area (Å²) in [5.41, 5.74) is 0. The number of hydrogen-bond donors (Lipinski definition) is 1. The minimum atomic E-state index is 0. The van der Waals surface area contributed by atoms with E-state index < -0.39 is 0 Å². The average molecular weight is 225 g/mol. The van der Waals surface area contributed by atoms with Gasteiger partial charge < -0.3 is 10.2 Å². The highest BCUT2D eigenvalue weighted by Crippen LogP contribution is 2.07. The summed E-state index contributed by atoms with van der Waals surface area (Å²) in [4.78, 5) is 2.36. The smallest absolute Gasteiger partial charge is 0.0575 e. The molecule has 1 fully saturated rings. The van der Waals surface area contributed by atoms with Crippen LogP contribution in [0.4, 0.5) is 0 Å². The Morgan fingerprint density at radius 1 is 1.38 bits per heavy atom. The van der Waals surface area contributed by atoms with Gasteiger partial charge in [-0.2, -0.15) is 0 Å². The van der Waals surface area contributed by atoms with E-state index in [0.717, 1.165) is 0 Å². The number of piperidine rings is 1. The van der Waals surface area contributed by atoms with Gasteiger partial charge in [-0.3, -0.25) is 0 Å². The van der Waals surface area contributed by atoms with Gasteiger partial charge >= 0.3 is 0 Å². The monoisotopic (exact) mass is 224 g/mol. The van der Waals surface area contributed by atoms with Gasteiger partial charge in [-0.05, 0) is 33.0 Å². The molecule has 0 unspecified atom stereocenters. The van der Waals surface area contributed by atoms with Crippen molar-refractivity contribution in [1.82, 2.24) is 10.2 Å². The molecule has 0 aromatic carbocycles. The number of nitrogens with zero attached hydrogens (tertiary/aromatic N) is 1. The molecule has 0 atom stereocenters. The highest BCUT2D eigenvalue weighted by atomic mass is 35.5. The summed E-state index contributed by atoms with van der Waals surface area (Å²) in [7, 11) is 2.16. The van der Waals surface area contributed by atoms with Crippen molar-refractivity contribution in [2.75, 3.05) is 26.7 Å². The Morgan fingerprint density at radius 3 is 2.38 bits per heavy atom. The van der Waals surface area contributed by atoms with Gasteiger partial charge in [0.2, 0.25) is 0 Å². The Kier molecular flexibility index (Phi) is 10.3. The number of nitrogens with one attached hydrogen (secondary N) is 1. The third kappa shape index (κ3) is 6.17. The Morgan fingerprint density at radius 2 is 1.92 bits per heavy atom. The molecule has 0 spiro atoms. The zero-order valence-electron chi connectivity index (χ0n) is 7.95. The molecule has 0 radical (unpaired) electrons. The largest absolute Gasteiger partial charge is 0.306 e. The third-order valence-electron chi connectivity index (χ3n) is 2.21. The van der Waals surface area contributed by atoms with Crippen molar-refractivity contribution in [2.45, 2.75) is 18.9 Å². The fourth-order valence-electron chi connectivity index (χ4n) is 1.42. The van der Waals surface area contributed by atoms with E-state index in [4.69, 9.17) is 6.42 Å². The van der Waals surface area contributed by atoms with E-state index in [0.29, 0.717) is 12.6 Å². The Bertz CT molecular complexity index is 148. The molecule has 0 bridgehead atoms. The van der Waals surface area contributed by atoms with Crippen LogP contribution in [0.3, 0.4) is 0 Å². The normalized spacial score (nSPS) is 18.2. The summed E-state index contributed by atoms with van der Waals surface area (Å²) < 4.78 is 0. The first-order valence-electron chi connectivity index (χ1n) is 4.18. The molecule has 1 N–H and O–H groups in total. The molecule has 1 heterocycles. The molecule has 78 valence electrons. The second-order valence-corrected chi connectivity index (χ2v) is 3.16. The second kappa shape index (κ2) is 8.65. The first kappa shape index (κ1) is 15.5. The van der Waals surface area contributed by atoms with Crippen LogP contribution in [0.15, 0.2) is 0 Å². The van der Waals surface area contributed by atoms with Crippen molar-refractivity contribution < 1.29 is 0 Å². The number of rotatable bonds is 2. The first-order valence-corrected chi connectivity index (χ1v) is 4.18. The van der Waals surface area contributed by atoms with E-state index in [9.17, 15) is 0 Å². The van der Waals surface area contributed by atoms with Gasteiger partial charge in [0.25, 0.3) is 0 Å². The minimum absolute atomic E-state index is 0. The molecule has 2 nitrogen and oxygen atoms in total. The van der Waals surface area contributed by atoms with Crippen molar-refractivity contribution in [3.8, 4) is 12.3 Å². The van der Waals surface area contributed by atoms with Crippen LogP contribution < -0.4 is 5.32 Å². The molecule has 1 aliphatic rings. The number of terminal acetylenes is 1. The van der Waals surface area contributed by atoms with E-state index in [1.54, 1.807) is 0 Å². The quantitative estimate of drug-likeness (QED) is 0.709. The minimum Gasteiger partial charge on any atom is -0.306 e. The van der Waals surface area contributed by atoms with Gasteiger partial charge in [0.05, 0.1) is 6.54 Å². The summed E-state index contributed by atoms with van der Waals surface area (Å²) in [6, 6.07) is 0.655. The highest BCUT2D eigenvalue weighted by molar-refractivity contribution is 5.85. The molecule has 0 aromatic rings. The molecule has 4 heteroatoms. The topological polar surface area (TPSA) is 15.3 Å². The molecule has 1 aliphatic heterocycles. The summed E-state index contributed by atoms with van der Waals surface area (Å²) >= 11 is 0. The molecular formula is C9H18Cl2N2. The van der Waals surface area contributed by atoms with Crippen LogP contribution in [0.2, 0.25) is 0 Å². The van der Waals surface area contributed by atoms with Crippen molar-refractivity contribution >= 4 is 24.8 Å². The van der Waals surface area contributed by atoms with Crippen LogP contribution in [0.5, 0.6) is 0 Å². The number of halogens is 2. The van der Waals surface area contributed by atoms with Crippen molar-refractivity contribution in [2.24, 2.45) is 0 Å². The van der Waals surface area contributed by atoms with E-state index in [1.165, 1.54) is 25.9 Å². The summed E-state index contributed by atoms with van der Waals surface area (Å²) in [6.45, 7) is 3.11. The predicted molar refractivity (Wildman–Crippen MR) is 61.9 cm³/mol. The van der Waals surface area contributed by atoms with E-state index in [1.807, 2.05) is 0 Å². The van der Waals surface area contributed by atoms with Crippen LogP contribution in [0.1, 0.15) is 12.8 Å². The lowest BCUT2D eigenvalue weighted by atomic mass is 10.1. The Hall–Kier alpha value is 0.0600.